The Morgan fingerprint density at radius 1 is 1.25 bits per heavy atom. The molecule has 1 amide bonds. The van der Waals surface area contributed by atoms with E-state index in [4.69, 9.17) is 5.73 Å². The number of benzene rings is 1. The van der Waals surface area contributed by atoms with Crippen molar-refractivity contribution in [2.45, 2.75) is 55.5 Å². The number of aliphatic hydroxyl groups excluding tert-OH is 1. The zero-order chi connectivity index (χ0) is 16.7. The van der Waals surface area contributed by atoms with E-state index in [0.717, 1.165) is 15.4 Å². The molecule has 0 radical (unpaired) electrons. The molecule has 3 unspecified atom stereocenters. The van der Waals surface area contributed by atoms with Crippen molar-refractivity contribution < 1.29 is 9.90 Å². The van der Waals surface area contributed by atoms with Crippen LogP contribution < -0.4 is 5.73 Å². The van der Waals surface area contributed by atoms with Crippen LogP contribution in [0.5, 0.6) is 0 Å². The predicted octanol–water partition coefficient (Wildman–Crippen LogP) is 3.07. The molecular weight excluding hydrogens is 320 g/mol. The Kier molecular flexibility index (Phi) is 3.93. The Bertz CT molecular complexity index is 741. The summed E-state index contributed by atoms with van der Waals surface area (Å²) in [6, 6.07) is 9.81. The molecular formula is C19H22N2O2S. The molecule has 24 heavy (non-hydrogen) atoms. The summed E-state index contributed by atoms with van der Waals surface area (Å²) in [6.07, 6.45) is 5.67. The number of nitrogens with zero attached hydrogens (tertiary/aromatic N) is 1. The second kappa shape index (κ2) is 5.97. The van der Waals surface area contributed by atoms with Gasteiger partial charge >= 0.3 is 0 Å². The first kappa shape index (κ1) is 15.8. The van der Waals surface area contributed by atoms with Gasteiger partial charge in [-0.3, -0.25) is 4.79 Å². The molecule has 0 spiro atoms. The number of hydrogen-bond acceptors (Lipinski definition) is 4. The molecule has 1 aromatic carbocycles. The Labute approximate surface area is 145 Å². The number of aliphatic hydroxyl groups is 1. The third kappa shape index (κ3) is 2.56. The van der Waals surface area contributed by atoms with Gasteiger partial charge in [0.25, 0.3) is 0 Å². The number of rotatable bonds is 4. The van der Waals surface area contributed by atoms with Crippen molar-refractivity contribution in [3.8, 4) is 0 Å². The lowest BCUT2D eigenvalue weighted by atomic mass is 9.61. The van der Waals surface area contributed by atoms with Crippen LogP contribution in [0, 0.1) is 0 Å². The molecule has 3 N–H and O–H groups in total. The van der Waals surface area contributed by atoms with E-state index in [1.54, 1.807) is 11.3 Å². The molecule has 0 bridgehead atoms. The largest absolute Gasteiger partial charge is 0.393 e. The fourth-order valence-corrected chi connectivity index (χ4v) is 5.31. The molecule has 2 saturated carbocycles. The first-order valence-electron chi connectivity index (χ1n) is 8.60. The lowest BCUT2D eigenvalue weighted by Crippen LogP contribution is -2.50. The van der Waals surface area contributed by atoms with Gasteiger partial charge in [0, 0.05) is 22.9 Å². The molecule has 126 valence electrons. The molecule has 1 aromatic heterocycles. The summed E-state index contributed by atoms with van der Waals surface area (Å²) < 4.78 is 0. The fourth-order valence-electron chi connectivity index (χ4n) is 4.02. The molecule has 5 heteroatoms. The number of carbonyl (C=O) groups is 1. The highest BCUT2D eigenvalue weighted by atomic mass is 32.1. The van der Waals surface area contributed by atoms with Crippen molar-refractivity contribution in [3.05, 3.63) is 52.0 Å². The molecule has 4 rings (SSSR count). The second-order valence-corrected chi connectivity index (χ2v) is 8.15. The van der Waals surface area contributed by atoms with Gasteiger partial charge in [-0.1, -0.05) is 30.3 Å². The van der Waals surface area contributed by atoms with Gasteiger partial charge in [0.05, 0.1) is 16.5 Å². The molecule has 4 nitrogen and oxygen atoms in total. The monoisotopic (exact) mass is 342 g/mol. The van der Waals surface area contributed by atoms with Crippen LogP contribution in [-0.2, 0) is 10.2 Å². The van der Waals surface area contributed by atoms with E-state index in [1.165, 1.54) is 12.8 Å². The number of nitrogens with two attached hydrogens (primary N) is 1. The molecule has 2 fully saturated rings. The zero-order valence-electron chi connectivity index (χ0n) is 13.5. The van der Waals surface area contributed by atoms with Gasteiger partial charge < -0.3 is 10.8 Å². The van der Waals surface area contributed by atoms with E-state index < -0.39 is 11.5 Å². The lowest BCUT2D eigenvalue weighted by molar-refractivity contribution is -0.126. The smallest absolute Gasteiger partial charge is 0.228 e. The summed E-state index contributed by atoms with van der Waals surface area (Å²) in [5.41, 5.74) is 6.15. The van der Waals surface area contributed by atoms with E-state index in [2.05, 4.69) is 4.98 Å². The zero-order valence-corrected chi connectivity index (χ0v) is 14.3. The molecule has 0 saturated heterocycles. The van der Waals surface area contributed by atoms with E-state index in [1.807, 2.05) is 36.5 Å². The first-order valence-corrected chi connectivity index (χ1v) is 9.42. The SMILES string of the molecule is NC(=O)C1(c2ccccc2)CCC(O)CC1c1cnc(C2CC2)s1. The Morgan fingerprint density at radius 3 is 2.67 bits per heavy atom. The van der Waals surface area contributed by atoms with Gasteiger partial charge in [-0.2, -0.15) is 0 Å². The normalized spacial score (nSPS) is 30.2. The quantitative estimate of drug-likeness (QED) is 0.896. The highest BCUT2D eigenvalue weighted by Gasteiger charge is 2.50. The van der Waals surface area contributed by atoms with Crippen LogP contribution in [0.4, 0.5) is 0 Å². The van der Waals surface area contributed by atoms with Crippen LogP contribution in [0.1, 0.15) is 59.4 Å². The van der Waals surface area contributed by atoms with E-state index in [0.29, 0.717) is 25.2 Å². The van der Waals surface area contributed by atoms with E-state index in [9.17, 15) is 9.90 Å². The van der Waals surface area contributed by atoms with Crippen LogP contribution in [0.2, 0.25) is 0 Å². The minimum absolute atomic E-state index is 0.105. The van der Waals surface area contributed by atoms with Gasteiger partial charge in [-0.15, -0.1) is 11.3 Å². The van der Waals surface area contributed by atoms with Crippen molar-refractivity contribution in [2.75, 3.05) is 0 Å². The van der Waals surface area contributed by atoms with Crippen molar-refractivity contribution in [1.29, 1.82) is 0 Å². The molecule has 3 atom stereocenters. The average molecular weight is 342 g/mol. The Balaban J connectivity index is 1.80. The molecule has 1 heterocycles. The Hall–Kier alpha value is -1.72. The minimum atomic E-state index is -0.756. The summed E-state index contributed by atoms with van der Waals surface area (Å²) in [5.74, 6) is 0.190. The summed E-state index contributed by atoms with van der Waals surface area (Å²) in [4.78, 5) is 18.3. The van der Waals surface area contributed by atoms with Crippen molar-refractivity contribution in [2.24, 2.45) is 5.73 Å². The highest BCUT2D eigenvalue weighted by molar-refractivity contribution is 7.11. The van der Waals surface area contributed by atoms with Crippen LogP contribution in [0.25, 0.3) is 0 Å². The standard InChI is InChI=1S/C19H22N2O2S/c20-18(23)19(13-4-2-1-3-5-13)9-8-14(22)10-15(19)16-11-21-17(24-16)12-6-7-12/h1-5,11-12,14-15,22H,6-10H2,(H2,20,23). The lowest BCUT2D eigenvalue weighted by Gasteiger charge is -2.43. The summed E-state index contributed by atoms with van der Waals surface area (Å²) in [5, 5.41) is 11.4. The van der Waals surface area contributed by atoms with Crippen LogP contribution in [-0.4, -0.2) is 22.1 Å². The van der Waals surface area contributed by atoms with Gasteiger partial charge in [-0.05, 0) is 37.7 Å². The number of carbonyl (C=O) groups excluding carboxylic acids is 1. The predicted molar refractivity (Wildman–Crippen MR) is 94.0 cm³/mol. The second-order valence-electron chi connectivity index (χ2n) is 7.06. The maximum Gasteiger partial charge on any atom is 0.228 e. The van der Waals surface area contributed by atoms with Gasteiger partial charge in [-0.25, -0.2) is 4.98 Å². The molecule has 2 aliphatic carbocycles. The summed E-state index contributed by atoms with van der Waals surface area (Å²) in [6.45, 7) is 0. The third-order valence-electron chi connectivity index (χ3n) is 5.51. The number of thiazole rings is 1. The van der Waals surface area contributed by atoms with Crippen LogP contribution >= 0.6 is 11.3 Å². The summed E-state index contributed by atoms with van der Waals surface area (Å²) in [7, 11) is 0. The van der Waals surface area contributed by atoms with Crippen LogP contribution in [0.3, 0.4) is 0 Å². The van der Waals surface area contributed by atoms with Crippen molar-refractivity contribution in [3.63, 3.8) is 0 Å². The molecule has 0 aliphatic heterocycles. The number of aromatic nitrogens is 1. The van der Waals surface area contributed by atoms with Crippen molar-refractivity contribution >= 4 is 17.2 Å². The topological polar surface area (TPSA) is 76.2 Å². The average Bonchev–Trinajstić information content (AvgIpc) is 3.33. The minimum Gasteiger partial charge on any atom is -0.393 e. The molecule has 2 aliphatic rings. The number of primary amides is 1. The first-order chi connectivity index (χ1) is 11.6. The van der Waals surface area contributed by atoms with Gasteiger partial charge in [0.2, 0.25) is 5.91 Å². The molecule has 2 aromatic rings. The maximum absolute atomic E-state index is 12.6. The van der Waals surface area contributed by atoms with Crippen molar-refractivity contribution in [1.82, 2.24) is 4.98 Å². The highest BCUT2D eigenvalue weighted by Crippen LogP contribution is 2.52. The van der Waals surface area contributed by atoms with Gasteiger partial charge in [0.15, 0.2) is 0 Å². The maximum atomic E-state index is 12.6. The van der Waals surface area contributed by atoms with Crippen LogP contribution in [0.15, 0.2) is 36.5 Å². The van der Waals surface area contributed by atoms with Gasteiger partial charge in [0.1, 0.15) is 0 Å². The summed E-state index contributed by atoms with van der Waals surface area (Å²) >= 11 is 1.70. The van der Waals surface area contributed by atoms with E-state index >= 15 is 0 Å². The fraction of sp³-hybridized carbons (Fsp3) is 0.474. The number of amides is 1. The third-order valence-corrected chi connectivity index (χ3v) is 6.79. The van der Waals surface area contributed by atoms with E-state index in [-0.39, 0.29) is 11.8 Å². The Morgan fingerprint density at radius 2 is 2.00 bits per heavy atom. The number of hydrogen-bond donors (Lipinski definition) is 2.